The molecule has 1 saturated carbocycles. The summed E-state index contributed by atoms with van der Waals surface area (Å²) >= 11 is 0. The number of ketones is 1. The van der Waals surface area contributed by atoms with Gasteiger partial charge in [-0.1, -0.05) is 0 Å². The average molecular weight is 289 g/mol. The van der Waals surface area contributed by atoms with Crippen molar-refractivity contribution in [1.82, 2.24) is 4.90 Å². The summed E-state index contributed by atoms with van der Waals surface area (Å²) in [6.45, 7) is 5.24. The van der Waals surface area contributed by atoms with Gasteiger partial charge < -0.3 is 4.90 Å². The van der Waals surface area contributed by atoms with E-state index in [-0.39, 0.29) is 17.0 Å². The van der Waals surface area contributed by atoms with Crippen LogP contribution in [0.25, 0.3) is 0 Å². The maximum absolute atomic E-state index is 11.6. The van der Waals surface area contributed by atoms with Crippen LogP contribution < -0.4 is 4.90 Å². The first-order valence-electron chi connectivity index (χ1n) is 7.34. The van der Waals surface area contributed by atoms with Crippen LogP contribution in [-0.4, -0.2) is 47.8 Å². The van der Waals surface area contributed by atoms with E-state index < -0.39 is 4.92 Å². The average Bonchev–Trinajstić information content (AvgIpc) is 3.31. The fourth-order valence-electron chi connectivity index (χ4n) is 2.95. The SMILES string of the molecule is CC(=O)c1cc(N2CCN(C3CC3)CC2)ccc1[N+](=O)[O-]. The largest absolute Gasteiger partial charge is 0.369 e. The van der Waals surface area contributed by atoms with E-state index >= 15 is 0 Å². The number of carbonyl (C=O) groups excluding carboxylic acids is 1. The summed E-state index contributed by atoms with van der Waals surface area (Å²) in [5.41, 5.74) is 0.992. The summed E-state index contributed by atoms with van der Waals surface area (Å²) in [4.78, 5) is 26.8. The molecule has 0 radical (unpaired) electrons. The molecule has 0 aromatic heterocycles. The van der Waals surface area contributed by atoms with E-state index in [2.05, 4.69) is 9.80 Å². The highest BCUT2D eigenvalue weighted by Gasteiger charge is 2.31. The highest BCUT2D eigenvalue weighted by molar-refractivity contribution is 5.99. The predicted molar refractivity (Wildman–Crippen MR) is 79.9 cm³/mol. The van der Waals surface area contributed by atoms with Crippen LogP contribution in [-0.2, 0) is 0 Å². The first-order chi connectivity index (χ1) is 10.1. The number of piperazine rings is 1. The lowest BCUT2D eigenvalue weighted by Gasteiger charge is -2.36. The van der Waals surface area contributed by atoms with Crippen LogP contribution >= 0.6 is 0 Å². The van der Waals surface area contributed by atoms with E-state index in [0.717, 1.165) is 37.9 Å². The van der Waals surface area contributed by atoms with Crippen molar-refractivity contribution in [3.05, 3.63) is 33.9 Å². The number of benzene rings is 1. The fourth-order valence-corrected chi connectivity index (χ4v) is 2.95. The number of nitrogens with zero attached hydrogens (tertiary/aromatic N) is 3. The number of carbonyl (C=O) groups is 1. The molecule has 3 rings (SSSR count). The molecule has 0 spiro atoms. The molecule has 0 N–H and O–H groups in total. The first kappa shape index (κ1) is 14.0. The number of hydrogen-bond donors (Lipinski definition) is 0. The van der Waals surface area contributed by atoms with Crippen LogP contribution in [0.3, 0.4) is 0 Å². The predicted octanol–water partition coefficient (Wildman–Crippen LogP) is 2.08. The molecule has 1 saturated heterocycles. The molecule has 2 fully saturated rings. The summed E-state index contributed by atoms with van der Waals surface area (Å²) in [6.07, 6.45) is 2.62. The number of rotatable bonds is 4. The maximum atomic E-state index is 11.6. The Hall–Kier alpha value is -1.95. The van der Waals surface area contributed by atoms with Gasteiger partial charge in [-0.15, -0.1) is 0 Å². The van der Waals surface area contributed by atoms with Crippen molar-refractivity contribution in [3.63, 3.8) is 0 Å². The van der Waals surface area contributed by atoms with E-state index in [0.29, 0.717) is 0 Å². The monoisotopic (exact) mass is 289 g/mol. The van der Waals surface area contributed by atoms with Crippen LogP contribution in [0.4, 0.5) is 11.4 Å². The minimum atomic E-state index is -0.494. The van der Waals surface area contributed by atoms with Crippen LogP contribution in [0.1, 0.15) is 30.1 Å². The van der Waals surface area contributed by atoms with Gasteiger partial charge in [0, 0.05) is 44.0 Å². The molecule has 1 aromatic carbocycles. The Bertz CT molecular complexity index is 576. The van der Waals surface area contributed by atoms with Gasteiger partial charge >= 0.3 is 0 Å². The van der Waals surface area contributed by atoms with Crippen molar-refractivity contribution < 1.29 is 9.72 Å². The topological polar surface area (TPSA) is 66.7 Å². The Morgan fingerprint density at radius 2 is 1.90 bits per heavy atom. The van der Waals surface area contributed by atoms with Crippen LogP contribution in [0.2, 0.25) is 0 Å². The number of hydrogen-bond acceptors (Lipinski definition) is 5. The van der Waals surface area contributed by atoms with Crippen molar-refractivity contribution in [2.75, 3.05) is 31.1 Å². The fraction of sp³-hybridized carbons (Fsp3) is 0.533. The zero-order chi connectivity index (χ0) is 15.0. The van der Waals surface area contributed by atoms with Gasteiger partial charge in [0.1, 0.15) is 0 Å². The van der Waals surface area contributed by atoms with Crippen molar-refractivity contribution in [3.8, 4) is 0 Å². The van der Waals surface area contributed by atoms with Gasteiger partial charge in [-0.3, -0.25) is 19.8 Å². The van der Waals surface area contributed by atoms with Gasteiger partial charge in [0.05, 0.1) is 10.5 Å². The lowest BCUT2D eigenvalue weighted by molar-refractivity contribution is -0.385. The molecule has 21 heavy (non-hydrogen) atoms. The molecule has 0 bridgehead atoms. The van der Waals surface area contributed by atoms with Crippen LogP contribution in [0.5, 0.6) is 0 Å². The van der Waals surface area contributed by atoms with Crippen molar-refractivity contribution in [2.24, 2.45) is 0 Å². The molecule has 112 valence electrons. The van der Waals surface area contributed by atoms with E-state index in [1.807, 2.05) is 0 Å². The second kappa shape index (κ2) is 5.44. The maximum Gasteiger partial charge on any atom is 0.280 e. The summed E-state index contributed by atoms with van der Waals surface area (Å²) in [7, 11) is 0. The number of anilines is 1. The van der Waals surface area contributed by atoms with E-state index in [4.69, 9.17) is 0 Å². The molecular weight excluding hydrogens is 270 g/mol. The summed E-state index contributed by atoms with van der Waals surface area (Å²) < 4.78 is 0. The quantitative estimate of drug-likeness (QED) is 0.482. The van der Waals surface area contributed by atoms with Crippen molar-refractivity contribution in [2.45, 2.75) is 25.8 Å². The Labute approximate surface area is 123 Å². The van der Waals surface area contributed by atoms with E-state index in [9.17, 15) is 14.9 Å². The molecule has 0 unspecified atom stereocenters. The molecule has 2 aliphatic rings. The van der Waals surface area contributed by atoms with Crippen LogP contribution in [0.15, 0.2) is 18.2 Å². The lowest BCUT2D eigenvalue weighted by atomic mass is 10.1. The Morgan fingerprint density at radius 3 is 2.43 bits per heavy atom. The summed E-state index contributed by atoms with van der Waals surface area (Å²) in [5, 5.41) is 11.0. The minimum absolute atomic E-state index is 0.108. The minimum Gasteiger partial charge on any atom is -0.369 e. The highest BCUT2D eigenvalue weighted by Crippen LogP contribution is 2.30. The molecule has 1 heterocycles. The molecule has 0 amide bonds. The van der Waals surface area contributed by atoms with Gasteiger partial charge in [0.25, 0.3) is 5.69 Å². The van der Waals surface area contributed by atoms with Crippen molar-refractivity contribution >= 4 is 17.2 Å². The smallest absolute Gasteiger partial charge is 0.280 e. The Balaban J connectivity index is 1.77. The number of Topliss-reactive ketones (excluding diaryl/α,β-unsaturated/α-hetero) is 1. The summed E-state index contributed by atoms with van der Waals surface area (Å²) in [5.74, 6) is -0.264. The third kappa shape index (κ3) is 2.90. The second-order valence-corrected chi connectivity index (χ2v) is 5.77. The molecule has 0 atom stereocenters. The van der Waals surface area contributed by atoms with Gasteiger partial charge in [0.2, 0.25) is 0 Å². The van der Waals surface area contributed by atoms with E-state index in [1.54, 1.807) is 12.1 Å². The van der Waals surface area contributed by atoms with Gasteiger partial charge in [-0.25, -0.2) is 0 Å². The normalized spacial score (nSPS) is 19.6. The molecule has 6 nitrogen and oxygen atoms in total. The first-order valence-corrected chi connectivity index (χ1v) is 7.34. The van der Waals surface area contributed by atoms with Gasteiger partial charge in [0.15, 0.2) is 5.78 Å². The zero-order valence-electron chi connectivity index (χ0n) is 12.1. The third-order valence-corrected chi connectivity index (χ3v) is 4.30. The molecule has 6 heteroatoms. The number of nitro benzene ring substituents is 1. The lowest BCUT2D eigenvalue weighted by Crippen LogP contribution is -2.47. The Morgan fingerprint density at radius 1 is 1.24 bits per heavy atom. The third-order valence-electron chi connectivity index (χ3n) is 4.30. The van der Waals surface area contributed by atoms with E-state index in [1.165, 1.54) is 25.8 Å². The highest BCUT2D eigenvalue weighted by atomic mass is 16.6. The van der Waals surface area contributed by atoms with Gasteiger partial charge in [-0.2, -0.15) is 0 Å². The summed E-state index contributed by atoms with van der Waals surface area (Å²) in [6, 6.07) is 5.63. The molecular formula is C15H19N3O3. The van der Waals surface area contributed by atoms with Crippen molar-refractivity contribution in [1.29, 1.82) is 0 Å². The standard InChI is InChI=1S/C15H19N3O3/c1-11(19)14-10-13(4-5-15(14)18(20)21)17-8-6-16(7-9-17)12-2-3-12/h4-5,10,12H,2-3,6-9H2,1H3. The second-order valence-electron chi connectivity index (χ2n) is 5.77. The Kier molecular flexibility index (Phi) is 3.63. The molecule has 1 aliphatic heterocycles. The number of nitro groups is 1. The molecule has 1 aliphatic carbocycles. The van der Waals surface area contributed by atoms with Gasteiger partial charge in [-0.05, 0) is 31.9 Å². The zero-order valence-corrected chi connectivity index (χ0v) is 12.1. The molecule has 1 aromatic rings. The van der Waals surface area contributed by atoms with Crippen LogP contribution in [0, 0.1) is 10.1 Å².